The molecule has 0 amide bonds. The van der Waals surface area contributed by atoms with Gasteiger partial charge >= 0.3 is 0 Å². The molecule has 1 rings (SSSR count). The van der Waals surface area contributed by atoms with Crippen LogP contribution >= 0.6 is 15.9 Å². The molecule has 0 radical (unpaired) electrons. The quantitative estimate of drug-likeness (QED) is 0.587. The van der Waals surface area contributed by atoms with E-state index in [4.69, 9.17) is 0 Å². The lowest BCUT2D eigenvalue weighted by molar-refractivity contribution is 0.573. The Morgan fingerprint density at radius 3 is 2.50 bits per heavy atom. The smallest absolute Gasteiger partial charge is 0.212 e. The molecule has 0 aliphatic heterocycles. The summed E-state index contributed by atoms with van der Waals surface area (Å²) < 4.78 is 26.4. The summed E-state index contributed by atoms with van der Waals surface area (Å²) in [5.41, 5.74) is 1.06. The Morgan fingerprint density at radius 1 is 1.22 bits per heavy atom. The van der Waals surface area contributed by atoms with Gasteiger partial charge in [0.15, 0.2) is 0 Å². The Hall–Kier alpha value is -0.390. The molecule has 3 nitrogen and oxygen atoms in total. The number of benzene rings is 1. The predicted octanol–water partition coefficient (Wildman–Crippen LogP) is 2.88. The topological polar surface area (TPSA) is 46.2 Å². The van der Waals surface area contributed by atoms with Crippen LogP contribution in [0.15, 0.2) is 30.3 Å². The second-order valence-electron chi connectivity index (χ2n) is 4.38. The Kier molecular flexibility index (Phi) is 6.89. The van der Waals surface area contributed by atoms with Crippen LogP contribution < -0.4 is 4.72 Å². The number of nitrogens with one attached hydrogen (secondary N) is 1. The van der Waals surface area contributed by atoms with Crippen molar-refractivity contribution >= 4 is 26.0 Å². The third-order valence-electron chi connectivity index (χ3n) is 2.72. The normalized spacial score (nSPS) is 13.4. The van der Waals surface area contributed by atoms with E-state index in [0.717, 1.165) is 23.7 Å². The molecule has 0 heterocycles. The van der Waals surface area contributed by atoms with Crippen LogP contribution in [0.1, 0.15) is 31.2 Å². The van der Waals surface area contributed by atoms with Crippen molar-refractivity contribution < 1.29 is 8.42 Å². The zero-order valence-corrected chi connectivity index (χ0v) is 13.0. The van der Waals surface area contributed by atoms with E-state index in [1.165, 1.54) is 0 Å². The van der Waals surface area contributed by atoms with Gasteiger partial charge in [-0.25, -0.2) is 13.1 Å². The molecule has 5 heteroatoms. The molecule has 0 saturated heterocycles. The van der Waals surface area contributed by atoms with Crippen LogP contribution in [0.4, 0.5) is 0 Å². The van der Waals surface area contributed by atoms with Crippen LogP contribution in [-0.2, 0) is 10.0 Å². The second kappa shape index (κ2) is 7.92. The second-order valence-corrected chi connectivity index (χ2v) is 7.03. The fourth-order valence-corrected chi connectivity index (χ4v) is 3.53. The maximum atomic E-state index is 11.9. The lowest BCUT2D eigenvalue weighted by Crippen LogP contribution is -2.29. The highest BCUT2D eigenvalue weighted by molar-refractivity contribution is 9.09. The van der Waals surface area contributed by atoms with Gasteiger partial charge in [0.1, 0.15) is 0 Å². The van der Waals surface area contributed by atoms with Gasteiger partial charge in [0.2, 0.25) is 10.0 Å². The minimum absolute atomic E-state index is 0.0138. The van der Waals surface area contributed by atoms with Gasteiger partial charge in [-0.3, -0.25) is 0 Å². The maximum absolute atomic E-state index is 11.9. The van der Waals surface area contributed by atoms with Crippen molar-refractivity contribution in [2.24, 2.45) is 0 Å². The average molecular weight is 334 g/mol. The summed E-state index contributed by atoms with van der Waals surface area (Å²) in [6, 6.07) is 9.73. The molecule has 0 saturated carbocycles. The monoisotopic (exact) mass is 333 g/mol. The summed E-state index contributed by atoms with van der Waals surface area (Å²) in [4.78, 5) is 0. The van der Waals surface area contributed by atoms with Gasteiger partial charge in [-0.05, 0) is 24.3 Å². The molecule has 0 bridgehead atoms. The fourth-order valence-electron chi connectivity index (χ4n) is 1.71. The van der Waals surface area contributed by atoms with Gasteiger partial charge in [-0.1, -0.05) is 53.2 Å². The number of hydrogen-bond donors (Lipinski definition) is 1. The molecule has 0 aliphatic carbocycles. The van der Waals surface area contributed by atoms with Crippen molar-refractivity contribution in [3.63, 3.8) is 0 Å². The van der Waals surface area contributed by atoms with Crippen LogP contribution in [-0.4, -0.2) is 26.0 Å². The number of alkyl halides is 1. The van der Waals surface area contributed by atoms with E-state index in [1.807, 2.05) is 37.3 Å². The molecule has 1 N–H and O–H groups in total. The molecule has 102 valence electrons. The molecule has 0 aliphatic rings. The van der Waals surface area contributed by atoms with Crippen LogP contribution in [0.5, 0.6) is 0 Å². The van der Waals surface area contributed by atoms with Crippen molar-refractivity contribution in [2.75, 3.05) is 17.6 Å². The van der Waals surface area contributed by atoms with Gasteiger partial charge in [-0.2, -0.15) is 0 Å². The maximum Gasteiger partial charge on any atom is 0.212 e. The van der Waals surface area contributed by atoms with E-state index in [2.05, 4.69) is 20.7 Å². The zero-order chi connectivity index (χ0) is 13.4. The van der Waals surface area contributed by atoms with Gasteiger partial charge in [-0.15, -0.1) is 0 Å². The fraction of sp³-hybridized carbons (Fsp3) is 0.538. The van der Waals surface area contributed by atoms with E-state index in [9.17, 15) is 8.42 Å². The van der Waals surface area contributed by atoms with E-state index in [-0.39, 0.29) is 11.7 Å². The highest BCUT2D eigenvalue weighted by Gasteiger charge is 2.16. The number of hydrogen-bond acceptors (Lipinski definition) is 2. The average Bonchev–Trinajstić information content (AvgIpc) is 2.35. The van der Waals surface area contributed by atoms with Gasteiger partial charge in [0, 0.05) is 11.9 Å². The number of unbranched alkanes of at least 4 members (excludes halogenated alkanes) is 1. The molecule has 0 fully saturated rings. The molecule has 1 aromatic rings. The first-order valence-corrected chi connectivity index (χ1v) is 8.91. The van der Waals surface area contributed by atoms with Crippen LogP contribution in [0.2, 0.25) is 0 Å². The van der Waals surface area contributed by atoms with Gasteiger partial charge in [0.05, 0.1) is 5.75 Å². The Labute approximate surface area is 118 Å². The van der Waals surface area contributed by atoms with E-state index in [1.54, 1.807) is 0 Å². The summed E-state index contributed by atoms with van der Waals surface area (Å²) in [5, 5.41) is 0.912. The van der Waals surface area contributed by atoms with Gasteiger partial charge in [0.25, 0.3) is 0 Å². The highest BCUT2D eigenvalue weighted by atomic mass is 79.9. The predicted molar refractivity (Wildman–Crippen MR) is 79.7 cm³/mol. The Bertz CT molecular complexity index is 434. The minimum atomic E-state index is -3.17. The third kappa shape index (κ3) is 5.98. The van der Waals surface area contributed by atoms with Crippen LogP contribution in [0.25, 0.3) is 0 Å². The van der Waals surface area contributed by atoms with Crippen molar-refractivity contribution in [3.05, 3.63) is 35.9 Å². The molecule has 1 unspecified atom stereocenters. The highest BCUT2D eigenvalue weighted by Crippen LogP contribution is 2.16. The summed E-state index contributed by atoms with van der Waals surface area (Å²) in [6.07, 6.45) is 1.85. The largest absolute Gasteiger partial charge is 0.215 e. The Balaban J connectivity index is 2.45. The molecular weight excluding hydrogens is 314 g/mol. The van der Waals surface area contributed by atoms with E-state index in [0.29, 0.717) is 6.54 Å². The number of halogens is 1. The van der Waals surface area contributed by atoms with Crippen molar-refractivity contribution in [1.29, 1.82) is 0 Å². The summed E-state index contributed by atoms with van der Waals surface area (Å²) in [5.74, 6) is 0.158. The van der Waals surface area contributed by atoms with Crippen molar-refractivity contribution in [3.8, 4) is 0 Å². The SMILES string of the molecule is CC(CS(=O)(=O)NCCCCBr)c1ccccc1. The zero-order valence-electron chi connectivity index (χ0n) is 10.6. The van der Waals surface area contributed by atoms with Crippen molar-refractivity contribution in [1.82, 2.24) is 4.72 Å². The standard InChI is InChI=1S/C13H20BrNO2S/c1-12(13-7-3-2-4-8-13)11-18(16,17)15-10-6-5-9-14/h2-4,7-8,12,15H,5-6,9-11H2,1H3. The lowest BCUT2D eigenvalue weighted by atomic mass is 10.0. The molecule has 0 aromatic heterocycles. The number of sulfonamides is 1. The van der Waals surface area contributed by atoms with E-state index >= 15 is 0 Å². The minimum Gasteiger partial charge on any atom is -0.215 e. The summed E-state index contributed by atoms with van der Waals surface area (Å²) >= 11 is 3.32. The molecule has 18 heavy (non-hydrogen) atoms. The first kappa shape index (κ1) is 15.7. The molecule has 1 atom stereocenters. The molecular formula is C13H20BrNO2S. The molecule has 1 aromatic carbocycles. The first-order chi connectivity index (χ1) is 8.55. The number of rotatable bonds is 8. The molecule has 0 spiro atoms. The first-order valence-electron chi connectivity index (χ1n) is 6.13. The summed E-state index contributed by atoms with van der Waals surface area (Å²) in [6.45, 7) is 2.46. The summed E-state index contributed by atoms with van der Waals surface area (Å²) in [7, 11) is -3.17. The van der Waals surface area contributed by atoms with Crippen LogP contribution in [0, 0.1) is 0 Å². The Morgan fingerprint density at radius 2 is 1.89 bits per heavy atom. The third-order valence-corrected chi connectivity index (χ3v) is 4.86. The van der Waals surface area contributed by atoms with E-state index < -0.39 is 10.0 Å². The van der Waals surface area contributed by atoms with Crippen LogP contribution in [0.3, 0.4) is 0 Å². The van der Waals surface area contributed by atoms with Crippen molar-refractivity contribution in [2.45, 2.75) is 25.7 Å². The lowest BCUT2D eigenvalue weighted by Gasteiger charge is -2.13. The van der Waals surface area contributed by atoms with Gasteiger partial charge < -0.3 is 0 Å².